The zero-order chi connectivity index (χ0) is 11.5. The Morgan fingerprint density at radius 1 is 1.56 bits per heavy atom. The summed E-state index contributed by atoms with van der Waals surface area (Å²) in [4.78, 5) is 13.1. The van der Waals surface area contributed by atoms with Crippen molar-refractivity contribution >= 4 is 5.97 Å². The quantitative estimate of drug-likeness (QED) is 0.781. The molecule has 6 nitrogen and oxygen atoms in total. The molecule has 88 valence electrons. The smallest absolute Gasteiger partial charge is 0.339 e. The molecule has 0 atom stereocenters. The molecule has 0 aliphatic carbocycles. The molecule has 2 heterocycles. The van der Waals surface area contributed by atoms with Crippen LogP contribution in [0.25, 0.3) is 0 Å². The highest BCUT2D eigenvalue weighted by Crippen LogP contribution is 2.10. The van der Waals surface area contributed by atoms with Gasteiger partial charge in [-0.1, -0.05) is 0 Å². The van der Waals surface area contributed by atoms with Crippen molar-refractivity contribution in [2.75, 3.05) is 26.3 Å². The molecule has 0 amide bonds. The number of carbonyl (C=O) groups is 1. The molecule has 0 unspecified atom stereocenters. The molecular formula is C10H15N3O3. The van der Waals surface area contributed by atoms with Gasteiger partial charge in [-0.15, -0.1) is 0 Å². The monoisotopic (exact) mass is 225 g/mol. The van der Waals surface area contributed by atoms with Gasteiger partial charge in [0.25, 0.3) is 0 Å². The van der Waals surface area contributed by atoms with E-state index in [1.54, 1.807) is 11.7 Å². The van der Waals surface area contributed by atoms with E-state index in [4.69, 9.17) is 9.84 Å². The Morgan fingerprint density at radius 3 is 2.88 bits per heavy atom. The van der Waals surface area contributed by atoms with Gasteiger partial charge in [-0.3, -0.25) is 9.58 Å². The number of aromatic carboxylic acids is 1. The maximum Gasteiger partial charge on any atom is 0.339 e. The van der Waals surface area contributed by atoms with Gasteiger partial charge in [-0.25, -0.2) is 4.79 Å². The Morgan fingerprint density at radius 2 is 2.25 bits per heavy atom. The van der Waals surface area contributed by atoms with E-state index in [9.17, 15) is 4.79 Å². The average molecular weight is 225 g/mol. The van der Waals surface area contributed by atoms with Crippen molar-refractivity contribution < 1.29 is 14.6 Å². The molecule has 1 aromatic rings. The lowest BCUT2D eigenvalue weighted by molar-refractivity contribution is 0.0333. The van der Waals surface area contributed by atoms with Crippen molar-refractivity contribution in [3.63, 3.8) is 0 Å². The minimum Gasteiger partial charge on any atom is -0.478 e. The van der Waals surface area contributed by atoms with E-state index in [1.165, 1.54) is 6.20 Å². The summed E-state index contributed by atoms with van der Waals surface area (Å²) in [5.74, 6) is -0.920. The molecule has 6 heteroatoms. The summed E-state index contributed by atoms with van der Waals surface area (Å²) in [5, 5.41) is 13.2. The minimum absolute atomic E-state index is 0.286. The molecule has 0 bridgehead atoms. The number of ether oxygens (including phenoxy) is 1. The Kier molecular flexibility index (Phi) is 3.21. The summed E-state index contributed by atoms with van der Waals surface area (Å²) in [7, 11) is 1.73. The number of carboxylic acids is 1. The van der Waals surface area contributed by atoms with Gasteiger partial charge in [-0.05, 0) is 0 Å². The molecule has 1 saturated heterocycles. The van der Waals surface area contributed by atoms with Gasteiger partial charge < -0.3 is 9.84 Å². The predicted octanol–water partition coefficient (Wildman–Crippen LogP) is -0.0495. The third kappa shape index (κ3) is 2.40. The fraction of sp³-hybridized carbons (Fsp3) is 0.600. The summed E-state index contributed by atoms with van der Waals surface area (Å²) >= 11 is 0. The van der Waals surface area contributed by atoms with Crippen LogP contribution in [-0.2, 0) is 18.3 Å². The van der Waals surface area contributed by atoms with Crippen molar-refractivity contribution in [3.05, 3.63) is 17.5 Å². The lowest BCUT2D eigenvalue weighted by Crippen LogP contribution is -2.36. The Balaban J connectivity index is 2.10. The van der Waals surface area contributed by atoms with E-state index >= 15 is 0 Å². The first-order valence-electron chi connectivity index (χ1n) is 5.23. The van der Waals surface area contributed by atoms with Crippen LogP contribution in [-0.4, -0.2) is 52.1 Å². The van der Waals surface area contributed by atoms with Gasteiger partial charge in [0.15, 0.2) is 0 Å². The minimum atomic E-state index is -0.920. The zero-order valence-corrected chi connectivity index (χ0v) is 9.22. The van der Waals surface area contributed by atoms with Crippen LogP contribution in [0.2, 0.25) is 0 Å². The standard InChI is InChI=1S/C10H15N3O3/c1-12-6-8(10(14)15)9(11-12)7-13-2-4-16-5-3-13/h6H,2-5,7H2,1H3,(H,14,15). The van der Waals surface area contributed by atoms with E-state index in [-0.39, 0.29) is 5.56 Å². The maximum absolute atomic E-state index is 11.0. The summed E-state index contributed by atoms with van der Waals surface area (Å²) in [6, 6.07) is 0. The SMILES string of the molecule is Cn1cc(C(=O)O)c(CN2CCOCC2)n1. The molecule has 1 aromatic heterocycles. The van der Waals surface area contributed by atoms with Crippen molar-refractivity contribution in [1.82, 2.24) is 14.7 Å². The van der Waals surface area contributed by atoms with E-state index in [0.717, 1.165) is 13.1 Å². The third-order valence-electron chi connectivity index (χ3n) is 2.61. The van der Waals surface area contributed by atoms with Gasteiger partial charge in [0.2, 0.25) is 0 Å². The van der Waals surface area contributed by atoms with E-state index in [1.807, 2.05) is 0 Å². The molecular weight excluding hydrogens is 210 g/mol. The second kappa shape index (κ2) is 4.63. The van der Waals surface area contributed by atoms with Crippen LogP contribution in [0.5, 0.6) is 0 Å². The molecule has 0 radical (unpaired) electrons. The topological polar surface area (TPSA) is 67.6 Å². The molecule has 0 saturated carbocycles. The number of rotatable bonds is 3. The summed E-state index contributed by atoms with van der Waals surface area (Å²) in [5.41, 5.74) is 0.908. The van der Waals surface area contributed by atoms with Crippen LogP contribution in [0, 0.1) is 0 Å². The molecule has 16 heavy (non-hydrogen) atoms. The largest absolute Gasteiger partial charge is 0.478 e. The van der Waals surface area contributed by atoms with Crippen LogP contribution in [0.4, 0.5) is 0 Å². The lowest BCUT2D eigenvalue weighted by Gasteiger charge is -2.25. The number of aryl methyl sites for hydroxylation is 1. The van der Waals surface area contributed by atoms with Crippen LogP contribution in [0.1, 0.15) is 16.1 Å². The first-order valence-corrected chi connectivity index (χ1v) is 5.23. The van der Waals surface area contributed by atoms with Gasteiger partial charge in [0.05, 0.1) is 18.9 Å². The van der Waals surface area contributed by atoms with Crippen molar-refractivity contribution in [1.29, 1.82) is 0 Å². The first-order chi connectivity index (χ1) is 7.66. The molecule has 1 fully saturated rings. The number of morpholine rings is 1. The van der Waals surface area contributed by atoms with Crippen LogP contribution >= 0.6 is 0 Å². The Hall–Kier alpha value is -1.40. The maximum atomic E-state index is 11.0. The fourth-order valence-electron chi connectivity index (χ4n) is 1.80. The van der Waals surface area contributed by atoms with E-state index in [2.05, 4.69) is 10.00 Å². The highest BCUT2D eigenvalue weighted by molar-refractivity contribution is 5.88. The highest BCUT2D eigenvalue weighted by Gasteiger charge is 2.18. The molecule has 0 spiro atoms. The Bertz CT molecular complexity index is 383. The summed E-state index contributed by atoms with van der Waals surface area (Å²) < 4.78 is 6.78. The van der Waals surface area contributed by atoms with Crippen molar-refractivity contribution in [2.45, 2.75) is 6.54 Å². The molecule has 1 N–H and O–H groups in total. The van der Waals surface area contributed by atoms with E-state index < -0.39 is 5.97 Å². The second-order valence-electron chi connectivity index (χ2n) is 3.86. The molecule has 1 aliphatic rings. The second-order valence-corrected chi connectivity index (χ2v) is 3.86. The van der Waals surface area contributed by atoms with Gasteiger partial charge in [-0.2, -0.15) is 5.10 Å². The third-order valence-corrected chi connectivity index (χ3v) is 2.61. The molecule has 2 rings (SSSR count). The van der Waals surface area contributed by atoms with Crippen LogP contribution < -0.4 is 0 Å². The normalized spacial score (nSPS) is 17.6. The number of hydrogen-bond acceptors (Lipinski definition) is 4. The number of carboxylic acid groups (broad SMARTS) is 1. The molecule has 1 aliphatic heterocycles. The summed E-state index contributed by atoms with van der Waals surface area (Å²) in [6.45, 7) is 3.64. The average Bonchev–Trinajstić information content (AvgIpc) is 2.61. The predicted molar refractivity (Wildman–Crippen MR) is 56.3 cm³/mol. The highest BCUT2D eigenvalue weighted by atomic mass is 16.5. The van der Waals surface area contributed by atoms with Gasteiger partial charge in [0.1, 0.15) is 5.56 Å². The van der Waals surface area contributed by atoms with Gasteiger partial charge >= 0.3 is 5.97 Å². The lowest BCUT2D eigenvalue weighted by atomic mass is 10.2. The van der Waals surface area contributed by atoms with Crippen molar-refractivity contribution in [3.8, 4) is 0 Å². The zero-order valence-electron chi connectivity index (χ0n) is 9.22. The summed E-state index contributed by atoms with van der Waals surface area (Å²) in [6.07, 6.45) is 1.54. The molecule has 0 aromatic carbocycles. The van der Waals surface area contributed by atoms with E-state index in [0.29, 0.717) is 25.5 Å². The fourth-order valence-corrected chi connectivity index (χ4v) is 1.80. The van der Waals surface area contributed by atoms with Crippen LogP contribution in [0.3, 0.4) is 0 Å². The van der Waals surface area contributed by atoms with Crippen LogP contribution in [0.15, 0.2) is 6.20 Å². The number of hydrogen-bond donors (Lipinski definition) is 1. The van der Waals surface area contributed by atoms with Gasteiger partial charge in [0, 0.05) is 32.9 Å². The Labute approximate surface area is 93.4 Å². The first kappa shape index (κ1) is 11.1. The number of nitrogens with zero attached hydrogens (tertiary/aromatic N) is 3. The van der Waals surface area contributed by atoms with Crippen molar-refractivity contribution in [2.24, 2.45) is 7.05 Å². The number of aromatic nitrogens is 2.